The van der Waals surface area contributed by atoms with Gasteiger partial charge < -0.3 is 5.32 Å². The van der Waals surface area contributed by atoms with E-state index in [1.807, 2.05) is 0 Å². The van der Waals surface area contributed by atoms with Crippen molar-refractivity contribution in [3.8, 4) is 0 Å². The predicted octanol–water partition coefficient (Wildman–Crippen LogP) is 1.43. The summed E-state index contributed by atoms with van der Waals surface area (Å²) < 4.78 is 25.4. The van der Waals surface area contributed by atoms with Crippen LogP contribution in [0.5, 0.6) is 0 Å². The molecule has 0 radical (unpaired) electrons. The summed E-state index contributed by atoms with van der Waals surface area (Å²) in [6.45, 7) is 0. The summed E-state index contributed by atoms with van der Waals surface area (Å²) in [5.41, 5.74) is -0.142. The van der Waals surface area contributed by atoms with Gasteiger partial charge in [-0.3, -0.25) is 9.59 Å². The molecule has 0 atom stereocenters. The molecule has 0 spiro atoms. The fraction of sp³-hybridized carbons (Fsp3) is 0.273. The Kier molecular flexibility index (Phi) is 2.68. The first-order valence-electron chi connectivity index (χ1n) is 4.88. The van der Waals surface area contributed by atoms with E-state index in [2.05, 4.69) is 5.32 Å². The largest absolute Gasteiger partial charge is 0.346 e. The number of carbonyl (C=O) groups excluding carboxylic acids is 2. The summed E-state index contributed by atoms with van der Waals surface area (Å²) in [7, 11) is 0. The van der Waals surface area contributed by atoms with E-state index in [1.165, 1.54) is 0 Å². The van der Waals surface area contributed by atoms with E-state index in [-0.39, 0.29) is 11.6 Å². The molecule has 1 aromatic carbocycles. The van der Waals surface area contributed by atoms with Gasteiger partial charge in [-0.2, -0.15) is 0 Å². The molecule has 84 valence electrons. The summed E-state index contributed by atoms with van der Waals surface area (Å²) in [4.78, 5) is 22.8. The van der Waals surface area contributed by atoms with Crippen molar-refractivity contribution in [1.82, 2.24) is 5.32 Å². The standard InChI is InChI=1S/C11H9F2NO2/c12-8-4-1-6(5-9(8)13)10(15)11(16)14-7-2-3-7/h1,4-5,7H,2-3H2,(H,14,16). The second-order valence-electron chi connectivity index (χ2n) is 3.71. The quantitative estimate of drug-likeness (QED) is 0.624. The topological polar surface area (TPSA) is 46.2 Å². The average Bonchev–Trinajstić information content (AvgIpc) is 3.05. The van der Waals surface area contributed by atoms with Crippen molar-refractivity contribution in [2.75, 3.05) is 0 Å². The van der Waals surface area contributed by atoms with E-state index >= 15 is 0 Å². The van der Waals surface area contributed by atoms with Crippen molar-refractivity contribution in [3.63, 3.8) is 0 Å². The van der Waals surface area contributed by atoms with Crippen molar-refractivity contribution < 1.29 is 18.4 Å². The van der Waals surface area contributed by atoms with Crippen LogP contribution >= 0.6 is 0 Å². The van der Waals surface area contributed by atoms with E-state index in [0.29, 0.717) is 0 Å². The third-order valence-electron chi connectivity index (χ3n) is 2.30. The number of ketones is 1. The van der Waals surface area contributed by atoms with Gasteiger partial charge in [0.05, 0.1) is 0 Å². The Labute approximate surface area is 90.5 Å². The van der Waals surface area contributed by atoms with Crippen molar-refractivity contribution in [1.29, 1.82) is 0 Å². The Balaban J connectivity index is 2.12. The second-order valence-corrected chi connectivity index (χ2v) is 3.71. The van der Waals surface area contributed by atoms with Gasteiger partial charge in [-0.1, -0.05) is 0 Å². The van der Waals surface area contributed by atoms with Gasteiger partial charge >= 0.3 is 0 Å². The molecule has 1 aliphatic carbocycles. The molecular formula is C11H9F2NO2. The first-order chi connectivity index (χ1) is 7.58. The van der Waals surface area contributed by atoms with Crippen molar-refractivity contribution in [2.45, 2.75) is 18.9 Å². The summed E-state index contributed by atoms with van der Waals surface area (Å²) in [6.07, 6.45) is 1.72. The van der Waals surface area contributed by atoms with Crippen LogP contribution in [-0.4, -0.2) is 17.7 Å². The lowest BCUT2D eigenvalue weighted by Gasteiger charge is -2.02. The van der Waals surface area contributed by atoms with Crippen molar-refractivity contribution in [2.24, 2.45) is 0 Å². The van der Waals surface area contributed by atoms with Crippen LogP contribution < -0.4 is 5.32 Å². The number of hydrogen-bond donors (Lipinski definition) is 1. The van der Waals surface area contributed by atoms with E-state index in [9.17, 15) is 18.4 Å². The van der Waals surface area contributed by atoms with E-state index in [0.717, 1.165) is 31.0 Å². The third kappa shape index (κ3) is 2.24. The zero-order chi connectivity index (χ0) is 11.7. The first kappa shape index (κ1) is 10.7. The molecule has 3 nitrogen and oxygen atoms in total. The first-order valence-corrected chi connectivity index (χ1v) is 4.88. The number of hydrogen-bond acceptors (Lipinski definition) is 2. The van der Waals surface area contributed by atoms with Crippen LogP contribution in [0.15, 0.2) is 18.2 Å². The Hall–Kier alpha value is -1.78. The minimum atomic E-state index is -1.13. The Morgan fingerprint density at radius 2 is 1.88 bits per heavy atom. The molecule has 1 amide bonds. The number of halogens is 2. The number of amides is 1. The highest BCUT2D eigenvalue weighted by Crippen LogP contribution is 2.19. The van der Waals surface area contributed by atoms with Crippen LogP contribution in [0.3, 0.4) is 0 Å². The van der Waals surface area contributed by atoms with Gasteiger partial charge in [-0.05, 0) is 31.0 Å². The summed E-state index contributed by atoms with van der Waals surface area (Å²) in [5, 5.41) is 2.48. The Morgan fingerprint density at radius 3 is 2.44 bits per heavy atom. The van der Waals surface area contributed by atoms with Gasteiger partial charge in [0.1, 0.15) is 0 Å². The molecule has 16 heavy (non-hydrogen) atoms. The van der Waals surface area contributed by atoms with Gasteiger partial charge in [0.15, 0.2) is 11.6 Å². The van der Waals surface area contributed by atoms with Crippen LogP contribution in [0.25, 0.3) is 0 Å². The van der Waals surface area contributed by atoms with Crippen molar-refractivity contribution >= 4 is 11.7 Å². The maximum absolute atomic E-state index is 12.8. The fourth-order valence-corrected chi connectivity index (χ4v) is 1.25. The van der Waals surface area contributed by atoms with E-state index in [1.54, 1.807) is 0 Å². The highest BCUT2D eigenvalue weighted by Gasteiger charge is 2.27. The van der Waals surface area contributed by atoms with Gasteiger partial charge in [0, 0.05) is 11.6 Å². The summed E-state index contributed by atoms with van der Waals surface area (Å²) >= 11 is 0. The van der Waals surface area contributed by atoms with Gasteiger partial charge in [-0.15, -0.1) is 0 Å². The van der Waals surface area contributed by atoms with Crippen LogP contribution in [0.1, 0.15) is 23.2 Å². The Morgan fingerprint density at radius 1 is 1.19 bits per heavy atom. The smallest absolute Gasteiger partial charge is 0.292 e. The maximum Gasteiger partial charge on any atom is 0.292 e. The van der Waals surface area contributed by atoms with Crippen LogP contribution in [0.4, 0.5) is 8.78 Å². The number of rotatable bonds is 3. The minimum Gasteiger partial charge on any atom is -0.346 e. The average molecular weight is 225 g/mol. The molecule has 5 heteroatoms. The lowest BCUT2D eigenvalue weighted by Crippen LogP contribution is -2.32. The third-order valence-corrected chi connectivity index (χ3v) is 2.30. The monoisotopic (exact) mass is 225 g/mol. The Bertz CT molecular complexity index is 455. The molecule has 1 saturated carbocycles. The zero-order valence-electron chi connectivity index (χ0n) is 8.30. The molecule has 0 heterocycles. The molecular weight excluding hydrogens is 216 g/mol. The molecule has 0 aliphatic heterocycles. The SMILES string of the molecule is O=C(NC1CC1)C(=O)c1ccc(F)c(F)c1. The second kappa shape index (κ2) is 4.00. The molecule has 2 rings (SSSR count). The van der Waals surface area contributed by atoms with E-state index < -0.39 is 23.3 Å². The zero-order valence-corrected chi connectivity index (χ0v) is 8.30. The molecule has 1 aromatic rings. The van der Waals surface area contributed by atoms with E-state index in [4.69, 9.17) is 0 Å². The van der Waals surface area contributed by atoms with Crippen LogP contribution in [0, 0.1) is 11.6 Å². The number of carbonyl (C=O) groups is 2. The van der Waals surface area contributed by atoms with Crippen LogP contribution in [0.2, 0.25) is 0 Å². The number of benzene rings is 1. The molecule has 1 aliphatic rings. The van der Waals surface area contributed by atoms with Crippen molar-refractivity contribution in [3.05, 3.63) is 35.4 Å². The minimum absolute atomic E-state index is 0.0572. The van der Waals surface area contributed by atoms with Gasteiger partial charge in [-0.25, -0.2) is 8.78 Å². The fourth-order valence-electron chi connectivity index (χ4n) is 1.25. The molecule has 1 N–H and O–H groups in total. The number of Topliss-reactive ketones (excluding diaryl/α,β-unsaturated/α-hetero) is 1. The van der Waals surface area contributed by atoms with Gasteiger partial charge in [0.2, 0.25) is 5.78 Å². The molecule has 0 bridgehead atoms. The normalized spacial score (nSPS) is 14.6. The summed E-state index contributed by atoms with van der Waals surface area (Å²) in [5.74, 6) is -3.79. The molecule has 1 fully saturated rings. The predicted molar refractivity (Wildman–Crippen MR) is 51.9 cm³/mol. The highest BCUT2D eigenvalue weighted by molar-refractivity contribution is 6.42. The van der Waals surface area contributed by atoms with Crippen LogP contribution in [-0.2, 0) is 4.79 Å². The maximum atomic E-state index is 12.8. The van der Waals surface area contributed by atoms with Gasteiger partial charge in [0.25, 0.3) is 5.91 Å². The highest BCUT2D eigenvalue weighted by atomic mass is 19.2. The molecule has 0 aromatic heterocycles. The summed E-state index contributed by atoms with van der Waals surface area (Å²) in [6, 6.07) is 2.70. The molecule has 0 unspecified atom stereocenters. The lowest BCUT2D eigenvalue weighted by atomic mass is 10.1. The molecule has 0 saturated heterocycles. The number of nitrogens with one attached hydrogen (secondary N) is 1. The lowest BCUT2D eigenvalue weighted by molar-refractivity contribution is -0.117.